The monoisotopic (exact) mass is 274 g/mol. The van der Waals surface area contributed by atoms with E-state index in [2.05, 4.69) is 5.32 Å². The molecule has 0 saturated carbocycles. The van der Waals surface area contributed by atoms with Crippen LogP contribution in [-0.2, 0) is 13.1 Å². The lowest BCUT2D eigenvalue weighted by atomic mass is 10.1. The first-order chi connectivity index (χ1) is 8.83. The molecule has 2 nitrogen and oxygen atoms in total. The van der Waals surface area contributed by atoms with Gasteiger partial charge in [0.2, 0.25) is 0 Å². The van der Waals surface area contributed by atoms with Gasteiger partial charge in [-0.1, -0.05) is 24.3 Å². The molecule has 1 aromatic rings. The Kier molecular flexibility index (Phi) is 5.82. The Bertz CT molecular complexity index is 389. The Labute approximate surface area is 112 Å². The molecule has 0 amide bonds. The molecule has 0 unspecified atom stereocenters. The van der Waals surface area contributed by atoms with E-state index in [0.717, 1.165) is 11.1 Å². The number of alkyl halides is 3. The third kappa shape index (κ3) is 5.61. The molecule has 19 heavy (non-hydrogen) atoms. The van der Waals surface area contributed by atoms with Crippen molar-refractivity contribution in [1.82, 2.24) is 10.2 Å². The molecular formula is C14H21F3N2. The number of nitrogens with one attached hydrogen (secondary N) is 1. The van der Waals surface area contributed by atoms with E-state index < -0.39 is 12.7 Å². The highest BCUT2D eigenvalue weighted by atomic mass is 19.4. The van der Waals surface area contributed by atoms with Crippen LogP contribution in [0.15, 0.2) is 24.3 Å². The Morgan fingerprint density at radius 2 is 1.74 bits per heavy atom. The van der Waals surface area contributed by atoms with E-state index in [1.807, 2.05) is 31.3 Å². The highest BCUT2D eigenvalue weighted by Gasteiger charge is 2.31. The van der Waals surface area contributed by atoms with Crippen molar-refractivity contribution in [3.63, 3.8) is 0 Å². The molecule has 1 aromatic carbocycles. The minimum atomic E-state index is -4.16. The first-order valence-electron chi connectivity index (χ1n) is 6.35. The first kappa shape index (κ1) is 16.0. The summed E-state index contributed by atoms with van der Waals surface area (Å²) in [6.45, 7) is 3.67. The Morgan fingerprint density at radius 1 is 1.16 bits per heavy atom. The maximum absolute atomic E-state index is 12.6. The zero-order valence-corrected chi connectivity index (χ0v) is 11.6. The molecule has 0 bridgehead atoms. The number of halogens is 3. The molecule has 0 saturated heterocycles. The minimum Gasteiger partial charge on any atom is -0.316 e. The van der Waals surface area contributed by atoms with Crippen molar-refractivity contribution in [1.29, 1.82) is 0 Å². The summed E-state index contributed by atoms with van der Waals surface area (Å²) in [6.07, 6.45) is -4.16. The van der Waals surface area contributed by atoms with Gasteiger partial charge in [-0.2, -0.15) is 13.2 Å². The lowest BCUT2D eigenvalue weighted by molar-refractivity contribution is -0.150. The maximum Gasteiger partial charge on any atom is 0.401 e. The molecular weight excluding hydrogens is 253 g/mol. The smallest absolute Gasteiger partial charge is 0.316 e. The Morgan fingerprint density at radius 3 is 2.21 bits per heavy atom. The summed E-state index contributed by atoms with van der Waals surface area (Å²) in [5.74, 6) is 0. The summed E-state index contributed by atoms with van der Waals surface area (Å²) >= 11 is 0. The van der Waals surface area contributed by atoms with Crippen molar-refractivity contribution in [2.45, 2.75) is 39.2 Å². The van der Waals surface area contributed by atoms with Crippen LogP contribution in [0.3, 0.4) is 0 Å². The van der Waals surface area contributed by atoms with E-state index in [9.17, 15) is 13.2 Å². The molecule has 0 heterocycles. The number of rotatable bonds is 6. The van der Waals surface area contributed by atoms with E-state index in [1.54, 1.807) is 13.8 Å². The number of nitrogens with zero attached hydrogens (tertiary/aromatic N) is 1. The van der Waals surface area contributed by atoms with Gasteiger partial charge in [0.1, 0.15) is 0 Å². The van der Waals surface area contributed by atoms with Crippen molar-refractivity contribution in [2.24, 2.45) is 0 Å². The van der Waals surface area contributed by atoms with Gasteiger partial charge in [-0.25, -0.2) is 0 Å². The largest absolute Gasteiger partial charge is 0.401 e. The Balaban J connectivity index is 2.84. The van der Waals surface area contributed by atoms with Crippen LogP contribution in [0.5, 0.6) is 0 Å². The minimum absolute atomic E-state index is 0.149. The highest BCUT2D eigenvalue weighted by Crippen LogP contribution is 2.21. The van der Waals surface area contributed by atoms with Crippen molar-refractivity contribution < 1.29 is 13.2 Å². The average Bonchev–Trinajstić information content (AvgIpc) is 2.29. The topological polar surface area (TPSA) is 15.3 Å². The summed E-state index contributed by atoms with van der Waals surface area (Å²) in [4.78, 5) is 1.44. The summed E-state index contributed by atoms with van der Waals surface area (Å²) < 4.78 is 37.7. The SMILES string of the molecule is CNCc1ccccc1CN(CC(F)(F)F)C(C)C. The Hall–Kier alpha value is -1.07. The summed E-state index contributed by atoms with van der Waals surface area (Å²) in [7, 11) is 1.83. The zero-order valence-electron chi connectivity index (χ0n) is 11.6. The van der Waals surface area contributed by atoms with Gasteiger partial charge in [-0.05, 0) is 32.0 Å². The summed E-state index contributed by atoms with van der Waals surface area (Å²) in [5, 5.41) is 3.03. The van der Waals surface area contributed by atoms with E-state index in [-0.39, 0.29) is 6.04 Å². The molecule has 0 aliphatic rings. The van der Waals surface area contributed by atoms with E-state index >= 15 is 0 Å². The van der Waals surface area contributed by atoms with Gasteiger partial charge in [0.15, 0.2) is 0 Å². The molecule has 0 fully saturated rings. The normalized spacial score (nSPS) is 12.4. The van der Waals surface area contributed by atoms with Crippen LogP contribution in [0.4, 0.5) is 13.2 Å². The second kappa shape index (κ2) is 6.91. The molecule has 0 aromatic heterocycles. The van der Waals surface area contributed by atoms with Crippen LogP contribution in [0.1, 0.15) is 25.0 Å². The summed E-state index contributed by atoms with van der Waals surface area (Å²) in [6, 6.07) is 7.45. The fraction of sp³-hybridized carbons (Fsp3) is 0.571. The number of hydrogen-bond acceptors (Lipinski definition) is 2. The predicted octanol–water partition coefficient (Wildman–Crippen LogP) is 3.18. The van der Waals surface area contributed by atoms with Crippen LogP contribution in [-0.4, -0.2) is 30.7 Å². The lowest BCUT2D eigenvalue weighted by Crippen LogP contribution is -2.38. The molecule has 1 N–H and O–H groups in total. The molecule has 108 valence electrons. The van der Waals surface area contributed by atoms with Crippen molar-refractivity contribution in [3.05, 3.63) is 35.4 Å². The van der Waals surface area contributed by atoms with Crippen LogP contribution >= 0.6 is 0 Å². The van der Waals surface area contributed by atoms with E-state index in [0.29, 0.717) is 13.1 Å². The van der Waals surface area contributed by atoms with Crippen LogP contribution in [0.2, 0.25) is 0 Å². The van der Waals surface area contributed by atoms with Crippen molar-refractivity contribution >= 4 is 0 Å². The van der Waals surface area contributed by atoms with Gasteiger partial charge < -0.3 is 5.32 Å². The fourth-order valence-electron chi connectivity index (χ4n) is 1.94. The zero-order chi connectivity index (χ0) is 14.5. The van der Waals surface area contributed by atoms with E-state index in [4.69, 9.17) is 0 Å². The number of hydrogen-bond donors (Lipinski definition) is 1. The molecule has 0 radical (unpaired) electrons. The van der Waals surface area contributed by atoms with Gasteiger partial charge >= 0.3 is 6.18 Å². The van der Waals surface area contributed by atoms with Gasteiger partial charge in [0.25, 0.3) is 0 Å². The molecule has 0 aliphatic heterocycles. The van der Waals surface area contributed by atoms with Gasteiger partial charge in [-0.15, -0.1) is 0 Å². The lowest BCUT2D eigenvalue weighted by Gasteiger charge is -2.28. The van der Waals surface area contributed by atoms with Crippen LogP contribution in [0.25, 0.3) is 0 Å². The summed E-state index contributed by atoms with van der Waals surface area (Å²) in [5.41, 5.74) is 1.98. The van der Waals surface area contributed by atoms with Gasteiger partial charge in [-0.3, -0.25) is 4.90 Å². The average molecular weight is 274 g/mol. The predicted molar refractivity (Wildman–Crippen MR) is 70.8 cm³/mol. The standard InChI is InChI=1S/C14H21F3N2/c1-11(2)19(10-14(15,16)17)9-13-7-5-4-6-12(13)8-18-3/h4-7,11,18H,8-10H2,1-3H3. The molecule has 1 rings (SSSR count). The molecule has 0 spiro atoms. The third-order valence-electron chi connectivity index (χ3n) is 2.97. The highest BCUT2D eigenvalue weighted by molar-refractivity contribution is 5.27. The quantitative estimate of drug-likeness (QED) is 0.857. The molecule has 5 heteroatoms. The van der Waals surface area contributed by atoms with Gasteiger partial charge in [0, 0.05) is 19.1 Å². The van der Waals surface area contributed by atoms with Gasteiger partial charge in [0.05, 0.1) is 6.54 Å². The number of benzene rings is 1. The molecule has 0 aliphatic carbocycles. The molecule has 0 atom stereocenters. The first-order valence-corrected chi connectivity index (χ1v) is 6.35. The second-order valence-corrected chi connectivity index (χ2v) is 4.91. The second-order valence-electron chi connectivity index (χ2n) is 4.91. The van der Waals surface area contributed by atoms with Crippen LogP contribution < -0.4 is 5.32 Å². The van der Waals surface area contributed by atoms with E-state index in [1.165, 1.54) is 4.90 Å². The third-order valence-corrected chi connectivity index (χ3v) is 2.97. The maximum atomic E-state index is 12.6. The van der Waals surface area contributed by atoms with Crippen molar-refractivity contribution in [3.8, 4) is 0 Å². The van der Waals surface area contributed by atoms with Crippen LogP contribution in [0, 0.1) is 0 Å². The van der Waals surface area contributed by atoms with Crippen molar-refractivity contribution in [2.75, 3.05) is 13.6 Å². The fourth-order valence-corrected chi connectivity index (χ4v) is 1.94.